The quantitative estimate of drug-likeness (QED) is 0.800. The van der Waals surface area contributed by atoms with Crippen LogP contribution in [0.1, 0.15) is 40.0 Å². The maximum Gasteiger partial charge on any atom is 0.414 e. The first kappa shape index (κ1) is 14.8. The molecule has 1 fully saturated rings. The molecule has 1 saturated heterocycles. The zero-order valence-corrected chi connectivity index (χ0v) is 12.7. The van der Waals surface area contributed by atoms with Gasteiger partial charge in [0, 0.05) is 25.8 Å². The highest BCUT2D eigenvalue weighted by molar-refractivity contribution is 5.70. The van der Waals surface area contributed by atoms with Crippen LogP contribution >= 0.6 is 0 Å². The fourth-order valence-electron chi connectivity index (χ4n) is 2.42. The van der Waals surface area contributed by atoms with E-state index in [1.807, 2.05) is 33.0 Å². The minimum atomic E-state index is -0.483. The van der Waals surface area contributed by atoms with Crippen LogP contribution in [0.2, 0.25) is 0 Å². The Labute approximate surface area is 121 Å². The first-order chi connectivity index (χ1) is 9.37. The van der Waals surface area contributed by atoms with Crippen molar-refractivity contribution in [3.63, 3.8) is 0 Å². The van der Waals surface area contributed by atoms with E-state index in [0.29, 0.717) is 6.54 Å². The average Bonchev–Trinajstić information content (AvgIpc) is 2.38. The summed E-state index contributed by atoms with van der Waals surface area (Å²) in [5.41, 5.74) is 7.29. The number of amides is 1. The normalized spacial score (nSPS) is 20.4. The lowest BCUT2D eigenvalue weighted by molar-refractivity contribution is 0.0344. The highest BCUT2D eigenvalue weighted by Gasteiger charge is 2.25. The van der Waals surface area contributed by atoms with Gasteiger partial charge in [-0.15, -0.1) is 0 Å². The Hall–Kier alpha value is -1.65. The molecule has 2 aliphatic rings. The standard InChI is InChI=1S/C15H25N3O2/c1-15(2,3)20-14(19)18-10-7-12(16)13(11-18)17-8-5-4-6-9-17/h7,11H,4-6,8-10,16H2,1-3H3. The Morgan fingerprint density at radius 2 is 1.90 bits per heavy atom. The Morgan fingerprint density at radius 1 is 1.25 bits per heavy atom. The van der Waals surface area contributed by atoms with Crippen molar-refractivity contribution in [2.75, 3.05) is 19.6 Å². The molecule has 0 radical (unpaired) electrons. The summed E-state index contributed by atoms with van der Waals surface area (Å²) in [4.78, 5) is 16.0. The van der Waals surface area contributed by atoms with Crippen molar-refractivity contribution in [3.8, 4) is 0 Å². The van der Waals surface area contributed by atoms with Crippen LogP contribution in [0.3, 0.4) is 0 Å². The summed E-state index contributed by atoms with van der Waals surface area (Å²) in [5.74, 6) is 0. The number of nitrogens with zero attached hydrogens (tertiary/aromatic N) is 2. The SMILES string of the molecule is CC(C)(C)OC(=O)N1C=C(N2CCCCC2)C(N)=CC1. The highest BCUT2D eigenvalue weighted by atomic mass is 16.6. The van der Waals surface area contributed by atoms with Gasteiger partial charge < -0.3 is 15.4 Å². The lowest BCUT2D eigenvalue weighted by atomic mass is 10.1. The maximum absolute atomic E-state index is 12.1. The van der Waals surface area contributed by atoms with Crippen LogP contribution in [0.4, 0.5) is 4.79 Å². The number of hydrogen-bond acceptors (Lipinski definition) is 4. The largest absolute Gasteiger partial charge is 0.443 e. The molecule has 2 heterocycles. The van der Waals surface area contributed by atoms with E-state index in [9.17, 15) is 4.79 Å². The molecule has 0 bridgehead atoms. The van der Waals surface area contributed by atoms with E-state index in [4.69, 9.17) is 10.5 Å². The van der Waals surface area contributed by atoms with Crippen molar-refractivity contribution in [1.29, 1.82) is 0 Å². The topological polar surface area (TPSA) is 58.8 Å². The van der Waals surface area contributed by atoms with Gasteiger partial charge in [0.05, 0.1) is 11.4 Å². The van der Waals surface area contributed by atoms with Crippen LogP contribution in [-0.2, 0) is 4.74 Å². The van der Waals surface area contributed by atoms with E-state index in [-0.39, 0.29) is 6.09 Å². The number of carbonyl (C=O) groups is 1. The number of ether oxygens (including phenoxy) is 1. The first-order valence-electron chi connectivity index (χ1n) is 7.29. The number of rotatable bonds is 1. The Balaban J connectivity index is 2.09. The number of piperidine rings is 1. The van der Waals surface area contributed by atoms with Crippen molar-refractivity contribution >= 4 is 6.09 Å². The smallest absolute Gasteiger partial charge is 0.414 e. The predicted octanol–water partition coefficient (Wildman–Crippen LogP) is 2.41. The summed E-state index contributed by atoms with van der Waals surface area (Å²) in [5, 5.41) is 0. The van der Waals surface area contributed by atoms with E-state index in [0.717, 1.165) is 24.5 Å². The van der Waals surface area contributed by atoms with Crippen molar-refractivity contribution in [2.24, 2.45) is 5.73 Å². The second-order valence-electron chi connectivity index (χ2n) is 6.35. The molecule has 0 aliphatic carbocycles. The van der Waals surface area contributed by atoms with Gasteiger partial charge in [-0.25, -0.2) is 4.79 Å². The summed E-state index contributed by atoms with van der Waals surface area (Å²) < 4.78 is 5.40. The molecule has 20 heavy (non-hydrogen) atoms. The summed E-state index contributed by atoms with van der Waals surface area (Å²) >= 11 is 0. The van der Waals surface area contributed by atoms with Gasteiger partial charge in [-0.2, -0.15) is 0 Å². The molecule has 0 atom stereocenters. The van der Waals surface area contributed by atoms with E-state index in [2.05, 4.69) is 4.90 Å². The van der Waals surface area contributed by atoms with E-state index < -0.39 is 5.60 Å². The molecule has 0 aromatic carbocycles. The number of nitrogens with two attached hydrogens (primary N) is 1. The predicted molar refractivity (Wildman–Crippen MR) is 78.7 cm³/mol. The lowest BCUT2D eigenvalue weighted by Gasteiger charge is -2.35. The fraction of sp³-hybridized carbons (Fsp3) is 0.667. The van der Waals surface area contributed by atoms with Crippen molar-refractivity contribution in [2.45, 2.75) is 45.6 Å². The fourth-order valence-corrected chi connectivity index (χ4v) is 2.42. The zero-order valence-electron chi connectivity index (χ0n) is 12.7. The highest BCUT2D eigenvalue weighted by Crippen LogP contribution is 2.22. The third kappa shape index (κ3) is 3.68. The van der Waals surface area contributed by atoms with Gasteiger partial charge in [0.1, 0.15) is 5.60 Å². The second kappa shape index (κ2) is 5.77. The number of hydrogen-bond donors (Lipinski definition) is 1. The van der Waals surface area contributed by atoms with Crippen LogP contribution in [0.25, 0.3) is 0 Å². The molecule has 0 saturated carbocycles. The number of likely N-dealkylation sites (tertiary alicyclic amines) is 1. The van der Waals surface area contributed by atoms with Crippen molar-refractivity contribution < 1.29 is 9.53 Å². The van der Waals surface area contributed by atoms with E-state index >= 15 is 0 Å². The Morgan fingerprint density at radius 3 is 2.50 bits per heavy atom. The van der Waals surface area contributed by atoms with Crippen molar-refractivity contribution in [3.05, 3.63) is 23.7 Å². The van der Waals surface area contributed by atoms with Gasteiger partial charge in [-0.1, -0.05) is 0 Å². The molecule has 112 valence electrons. The minimum Gasteiger partial charge on any atom is -0.443 e. The van der Waals surface area contributed by atoms with Crippen LogP contribution in [-0.4, -0.2) is 41.1 Å². The third-order valence-electron chi connectivity index (χ3n) is 3.41. The van der Waals surface area contributed by atoms with Crippen molar-refractivity contribution in [1.82, 2.24) is 9.80 Å². The third-order valence-corrected chi connectivity index (χ3v) is 3.41. The van der Waals surface area contributed by atoms with Gasteiger partial charge in [-0.3, -0.25) is 4.90 Å². The maximum atomic E-state index is 12.1. The molecule has 2 aliphatic heterocycles. The molecule has 0 unspecified atom stereocenters. The molecule has 2 rings (SSSR count). The molecular formula is C15H25N3O2. The van der Waals surface area contributed by atoms with Crippen LogP contribution in [0.5, 0.6) is 0 Å². The molecular weight excluding hydrogens is 254 g/mol. The average molecular weight is 279 g/mol. The second-order valence-corrected chi connectivity index (χ2v) is 6.35. The molecule has 5 heteroatoms. The van der Waals surface area contributed by atoms with Crippen LogP contribution in [0, 0.1) is 0 Å². The van der Waals surface area contributed by atoms with Gasteiger partial charge in [0.15, 0.2) is 0 Å². The van der Waals surface area contributed by atoms with E-state index in [1.165, 1.54) is 19.3 Å². The van der Waals surface area contributed by atoms with E-state index in [1.54, 1.807) is 4.90 Å². The summed E-state index contributed by atoms with van der Waals surface area (Å²) in [6.07, 6.45) is 7.01. The van der Waals surface area contributed by atoms with Gasteiger partial charge >= 0.3 is 6.09 Å². The summed E-state index contributed by atoms with van der Waals surface area (Å²) in [6, 6.07) is 0. The van der Waals surface area contributed by atoms with Gasteiger partial charge in [0.25, 0.3) is 0 Å². The van der Waals surface area contributed by atoms with Crippen LogP contribution in [0.15, 0.2) is 23.7 Å². The molecule has 0 aromatic heterocycles. The Bertz CT molecular complexity index is 429. The molecule has 2 N–H and O–H groups in total. The van der Waals surface area contributed by atoms with Crippen LogP contribution < -0.4 is 5.73 Å². The zero-order chi connectivity index (χ0) is 14.8. The Kier molecular flexibility index (Phi) is 4.26. The molecule has 0 spiro atoms. The molecule has 5 nitrogen and oxygen atoms in total. The summed E-state index contributed by atoms with van der Waals surface area (Å²) in [6.45, 7) is 8.08. The first-order valence-corrected chi connectivity index (χ1v) is 7.29. The van der Waals surface area contributed by atoms with Gasteiger partial charge in [0.2, 0.25) is 0 Å². The number of carbonyl (C=O) groups excluding carboxylic acids is 1. The minimum absolute atomic E-state index is 0.323. The molecule has 1 amide bonds. The lowest BCUT2D eigenvalue weighted by Crippen LogP contribution is -2.39. The molecule has 0 aromatic rings. The van der Waals surface area contributed by atoms with Gasteiger partial charge in [-0.05, 0) is 46.1 Å². The monoisotopic (exact) mass is 279 g/mol. The summed E-state index contributed by atoms with van der Waals surface area (Å²) in [7, 11) is 0.